The van der Waals surface area contributed by atoms with E-state index in [0.717, 1.165) is 31.3 Å². The standard InChI is InChI=1S/C25H29N3O6S/c1-2-25-14-7-16-26(35(33,34)24-11-6-5-10-23(24)28(31)32)17-13-20(19(18-25)12-15-25)21-8-3-4-9-22(21)27(29)30/h3-6,8-11,18,20H,2,7,12-17H2,1H3/t20-,25-/m1/s1. The molecule has 186 valence electrons. The number of rotatable bonds is 6. The highest BCUT2D eigenvalue weighted by Gasteiger charge is 2.38. The molecule has 9 nitrogen and oxygen atoms in total. The van der Waals surface area contributed by atoms with Crippen LogP contribution >= 0.6 is 0 Å². The number of nitro groups is 2. The van der Waals surface area contributed by atoms with E-state index in [0.29, 0.717) is 18.4 Å². The molecule has 10 heteroatoms. The van der Waals surface area contributed by atoms with E-state index in [1.807, 2.05) is 0 Å². The summed E-state index contributed by atoms with van der Waals surface area (Å²) in [5.74, 6) is -0.299. The third-order valence-electron chi connectivity index (χ3n) is 7.49. The van der Waals surface area contributed by atoms with Gasteiger partial charge in [0.05, 0.1) is 9.85 Å². The smallest absolute Gasteiger partial charge is 0.258 e. The van der Waals surface area contributed by atoms with Gasteiger partial charge in [0.15, 0.2) is 4.90 Å². The van der Waals surface area contributed by atoms with Gasteiger partial charge in [0, 0.05) is 36.7 Å². The Hall–Kier alpha value is -3.11. The van der Waals surface area contributed by atoms with Crippen LogP contribution in [0, 0.1) is 25.6 Å². The average Bonchev–Trinajstić information content (AvgIpc) is 3.26. The van der Waals surface area contributed by atoms with Crippen LogP contribution in [0.1, 0.15) is 56.9 Å². The van der Waals surface area contributed by atoms with Crippen LogP contribution in [0.3, 0.4) is 0 Å². The number of nitro benzene ring substituents is 2. The second-order valence-electron chi connectivity index (χ2n) is 9.32. The zero-order valence-corrected chi connectivity index (χ0v) is 20.4. The molecule has 0 spiro atoms. The lowest BCUT2D eigenvalue weighted by Gasteiger charge is -2.30. The molecule has 0 amide bonds. The van der Waals surface area contributed by atoms with Gasteiger partial charge in [0.1, 0.15) is 0 Å². The number of nitrogens with zero attached hydrogens (tertiary/aromatic N) is 3. The minimum Gasteiger partial charge on any atom is -0.258 e. The zero-order chi connectivity index (χ0) is 25.2. The highest BCUT2D eigenvalue weighted by molar-refractivity contribution is 7.89. The van der Waals surface area contributed by atoms with Gasteiger partial charge in [-0.2, -0.15) is 4.31 Å². The number of fused-ring (bicyclic) bond motifs is 1. The van der Waals surface area contributed by atoms with Gasteiger partial charge in [-0.15, -0.1) is 0 Å². The molecule has 0 radical (unpaired) electrons. The van der Waals surface area contributed by atoms with Gasteiger partial charge in [-0.3, -0.25) is 20.2 Å². The Bertz CT molecular complexity index is 1280. The number of benzene rings is 2. The Labute approximate surface area is 204 Å². The molecular formula is C25H29N3O6S. The minimum atomic E-state index is -4.14. The number of hydrogen-bond acceptors (Lipinski definition) is 6. The average molecular weight is 500 g/mol. The van der Waals surface area contributed by atoms with E-state index in [1.165, 1.54) is 34.6 Å². The fourth-order valence-corrected chi connectivity index (χ4v) is 7.20. The highest BCUT2D eigenvalue weighted by atomic mass is 32.2. The van der Waals surface area contributed by atoms with Gasteiger partial charge in [0.25, 0.3) is 11.4 Å². The summed E-state index contributed by atoms with van der Waals surface area (Å²) in [6.07, 6.45) is 6.73. The Morgan fingerprint density at radius 2 is 1.63 bits per heavy atom. The highest BCUT2D eigenvalue weighted by Crippen LogP contribution is 2.49. The van der Waals surface area contributed by atoms with Gasteiger partial charge < -0.3 is 0 Å². The molecule has 35 heavy (non-hydrogen) atoms. The van der Waals surface area contributed by atoms with Crippen molar-refractivity contribution < 1.29 is 18.3 Å². The first-order valence-electron chi connectivity index (χ1n) is 11.9. The summed E-state index contributed by atoms with van der Waals surface area (Å²) in [7, 11) is -4.14. The summed E-state index contributed by atoms with van der Waals surface area (Å²) in [6, 6.07) is 12.0. The molecule has 0 saturated carbocycles. The van der Waals surface area contributed by atoms with Crippen molar-refractivity contribution in [1.29, 1.82) is 0 Å². The van der Waals surface area contributed by atoms with Crippen molar-refractivity contribution in [1.82, 2.24) is 4.31 Å². The quantitative estimate of drug-likeness (QED) is 0.290. The minimum absolute atomic E-state index is 0.0255. The molecule has 2 aromatic carbocycles. The summed E-state index contributed by atoms with van der Waals surface area (Å²) in [6.45, 7) is 2.47. The molecule has 2 atom stereocenters. The van der Waals surface area contributed by atoms with Crippen molar-refractivity contribution in [2.24, 2.45) is 5.41 Å². The summed E-state index contributed by atoms with van der Waals surface area (Å²) >= 11 is 0. The van der Waals surface area contributed by atoms with Crippen LogP contribution in [0.15, 0.2) is 65.1 Å². The number of allylic oxidation sites excluding steroid dienone is 2. The monoisotopic (exact) mass is 499 g/mol. The van der Waals surface area contributed by atoms with Crippen LogP contribution in [-0.4, -0.2) is 35.7 Å². The lowest BCUT2D eigenvalue weighted by Crippen LogP contribution is -2.35. The SMILES string of the molecule is CC[C@]12C=C(CC1)[C@H](c1ccccc1[N+](=O)[O-])CCN(S(=O)(=O)c1ccccc1[N+](=O)[O-])CCC2. The zero-order valence-electron chi connectivity index (χ0n) is 19.6. The molecule has 0 N–H and O–H groups in total. The van der Waals surface area contributed by atoms with Crippen LogP contribution in [0.4, 0.5) is 11.4 Å². The summed E-state index contributed by atoms with van der Waals surface area (Å²) in [4.78, 5) is 21.9. The molecule has 2 bridgehead atoms. The van der Waals surface area contributed by atoms with Crippen LogP contribution in [0.5, 0.6) is 0 Å². The number of para-hydroxylation sites is 2. The van der Waals surface area contributed by atoms with Crippen LogP contribution < -0.4 is 0 Å². The first-order valence-corrected chi connectivity index (χ1v) is 13.3. The van der Waals surface area contributed by atoms with Crippen LogP contribution in [0.2, 0.25) is 0 Å². The van der Waals surface area contributed by atoms with E-state index < -0.39 is 25.6 Å². The van der Waals surface area contributed by atoms with E-state index in [9.17, 15) is 28.6 Å². The second-order valence-corrected chi connectivity index (χ2v) is 11.2. The fourth-order valence-electron chi connectivity index (χ4n) is 5.55. The van der Waals surface area contributed by atoms with Crippen molar-refractivity contribution in [3.8, 4) is 0 Å². The molecule has 0 saturated heterocycles. The molecule has 2 aliphatic rings. The normalized spacial score (nSPS) is 23.5. The van der Waals surface area contributed by atoms with Crippen molar-refractivity contribution in [3.05, 3.63) is 86.0 Å². The largest absolute Gasteiger partial charge is 0.289 e. The first-order chi connectivity index (χ1) is 16.7. The molecule has 0 aromatic heterocycles. The van der Waals surface area contributed by atoms with Gasteiger partial charge in [-0.25, -0.2) is 8.42 Å². The third kappa shape index (κ3) is 4.85. The predicted octanol–water partition coefficient (Wildman–Crippen LogP) is 5.58. The van der Waals surface area contributed by atoms with Crippen molar-refractivity contribution in [2.45, 2.75) is 56.3 Å². The van der Waals surface area contributed by atoms with E-state index >= 15 is 0 Å². The third-order valence-corrected chi connectivity index (χ3v) is 9.44. The van der Waals surface area contributed by atoms with Crippen molar-refractivity contribution in [3.63, 3.8) is 0 Å². The lowest BCUT2D eigenvalue weighted by molar-refractivity contribution is -0.387. The van der Waals surface area contributed by atoms with Crippen LogP contribution in [-0.2, 0) is 10.0 Å². The molecule has 4 rings (SSSR count). The lowest BCUT2D eigenvalue weighted by atomic mass is 9.80. The van der Waals surface area contributed by atoms with Crippen molar-refractivity contribution >= 4 is 21.4 Å². The second kappa shape index (κ2) is 9.87. The van der Waals surface area contributed by atoms with Crippen molar-refractivity contribution in [2.75, 3.05) is 13.1 Å². The van der Waals surface area contributed by atoms with Crippen LogP contribution in [0.25, 0.3) is 0 Å². The molecule has 0 fully saturated rings. The maximum atomic E-state index is 13.6. The molecule has 1 aliphatic heterocycles. The molecule has 2 aromatic rings. The Balaban J connectivity index is 1.77. The number of sulfonamides is 1. The Morgan fingerprint density at radius 3 is 2.31 bits per heavy atom. The van der Waals surface area contributed by atoms with Gasteiger partial charge in [-0.1, -0.05) is 48.9 Å². The van der Waals surface area contributed by atoms with E-state index in [2.05, 4.69) is 13.0 Å². The first kappa shape index (κ1) is 25.0. The predicted molar refractivity (Wildman–Crippen MR) is 132 cm³/mol. The Morgan fingerprint density at radius 1 is 0.971 bits per heavy atom. The van der Waals surface area contributed by atoms with Gasteiger partial charge in [0.2, 0.25) is 10.0 Å². The summed E-state index contributed by atoms with van der Waals surface area (Å²) < 4.78 is 28.6. The fraction of sp³-hybridized carbons (Fsp3) is 0.440. The van der Waals surface area contributed by atoms with E-state index in [1.54, 1.807) is 18.2 Å². The molecule has 1 aliphatic carbocycles. The van der Waals surface area contributed by atoms with E-state index in [4.69, 9.17) is 0 Å². The summed E-state index contributed by atoms with van der Waals surface area (Å²) in [5, 5.41) is 23.3. The Kier molecular flexibility index (Phi) is 7.05. The van der Waals surface area contributed by atoms with Gasteiger partial charge >= 0.3 is 0 Å². The molecular weight excluding hydrogens is 470 g/mol. The van der Waals surface area contributed by atoms with Gasteiger partial charge in [-0.05, 0) is 50.0 Å². The summed E-state index contributed by atoms with van der Waals surface area (Å²) in [5.41, 5.74) is 1.21. The molecule has 1 heterocycles. The number of hydrogen-bond donors (Lipinski definition) is 0. The maximum absolute atomic E-state index is 13.6. The molecule has 0 unspecified atom stereocenters. The van der Waals surface area contributed by atoms with E-state index in [-0.39, 0.29) is 35.0 Å². The maximum Gasteiger partial charge on any atom is 0.289 e. The topological polar surface area (TPSA) is 124 Å².